The van der Waals surface area contributed by atoms with Gasteiger partial charge >= 0.3 is 6.18 Å². The van der Waals surface area contributed by atoms with Gasteiger partial charge in [0.25, 0.3) is 0 Å². The quantitative estimate of drug-likeness (QED) is 0.673. The molecule has 1 aliphatic rings. The Kier molecular flexibility index (Phi) is 6.70. The molecule has 0 bridgehead atoms. The maximum absolute atomic E-state index is 12.5. The topological polar surface area (TPSA) is 61.8 Å². The van der Waals surface area contributed by atoms with Crippen LogP contribution in [-0.4, -0.2) is 67.1 Å². The Morgan fingerprint density at radius 1 is 1.50 bits per heavy atom. The van der Waals surface area contributed by atoms with Crippen LogP contribution < -0.4 is 5.32 Å². The fourth-order valence-corrected chi connectivity index (χ4v) is 2.11. The largest absolute Gasteiger partial charge is 0.406 e. The predicted molar refractivity (Wildman–Crippen MR) is 66.2 cm³/mol. The fraction of sp³-hybridized carbons (Fsp3) is 0.917. The van der Waals surface area contributed by atoms with Gasteiger partial charge in [0.1, 0.15) is 6.54 Å². The number of carbonyl (C=O) groups excluding carboxylic acids is 1. The van der Waals surface area contributed by atoms with E-state index in [9.17, 15) is 23.1 Å². The van der Waals surface area contributed by atoms with E-state index in [0.29, 0.717) is 19.6 Å². The molecule has 2 N–H and O–H groups in total. The maximum atomic E-state index is 12.5. The first-order valence-electron chi connectivity index (χ1n) is 6.68. The molecule has 0 radical (unpaired) electrons. The number of ether oxygens (including phenoxy) is 1. The summed E-state index contributed by atoms with van der Waals surface area (Å²) in [6, 6.07) is -0.737. The first kappa shape index (κ1) is 17.2. The number of alkyl halides is 3. The van der Waals surface area contributed by atoms with Gasteiger partial charge in [-0.3, -0.25) is 4.79 Å². The first-order valence-corrected chi connectivity index (χ1v) is 6.68. The summed E-state index contributed by atoms with van der Waals surface area (Å²) in [7, 11) is 0. The molecular weight excluding hydrogens is 277 g/mol. The Morgan fingerprint density at radius 2 is 2.20 bits per heavy atom. The van der Waals surface area contributed by atoms with Crippen LogP contribution in [0, 0.1) is 0 Å². The Labute approximate surface area is 116 Å². The molecule has 0 aromatic carbocycles. The third-order valence-corrected chi connectivity index (χ3v) is 3.01. The molecule has 0 aromatic rings. The average molecular weight is 298 g/mol. The summed E-state index contributed by atoms with van der Waals surface area (Å²) in [6.07, 6.45) is -4.61. The second kappa shape index (κ2) is 7.80. The Balaban J connectivity index is 2.54. The van der Waals surface area contributed by atoms with Gasteiger partial charge in [-0.25, -0.2) is 0 Å². The number of aliphatic hydroxyl groups excluding tert-OH is 1. The number of amides is 1. The molecule has 1 aliphatic heterocycles. The van der Waals surface area contributed by atoms with Crippen LogP contribution in [-0.2, 0) is 9.53 Å². The molecular formula is C12H21F3N2O3. The van der Waals surface area contributed by atoms with E-state index in [-0.39, 0.29) is 19.5 Å². The van der Waals surface area contributed by atoms with Crippen molar-refractivity contribution in [1.82, 2.24) is 10.2 Å². The smallest absolute Gasteiger partial charge is 0.392 e. The third-order valence-electron chi connectivity index (χ3n) is 3.01. The second-order valence-corrected chi connectivity index (χ2v) is 4.78. The van der Waals surface area contributed by atoms with Gasteiger partial charge in [0.2, 0.25) is 5.91 Å². The zero-order chi connectivity index (χ0) is 15.2. The van der Waals surface area contributed by atoms with Crippen molar-refractivity contribution < 1.29 is 27.8 Å². The van der Waals surface area contributed by atoms with E-state index in [0.717, 1.165) is 4.90 Å². The van der Waals surface area contributed by atoms with Crippen LogP contribution in [0.5, 0.6) is 0 Å². The van der Waals surface area contributed by atoms with E-state index in [1.54, 1.807) is 6.92 Å². The molecule has 1 saturated heterocycles. The molecule has 20 heavy (non-hydrogen) atoms. The number of carbonyl (C=O) groups is 1. The standard InChI is InChI=1S/C12H21F3N2O3/c1-2-20-5-3-4-17(8-12(13,14)15)11(19)10-6-9(18)7-16-10/h9-10,16,18H,2-8H2,1H3. The van der Waals surface area contributed by atoms with Crippen LogP contribution in [0.2, 0.25) is 0 Å². The molecule has 1 fully saturated rings. The van der Waals surface area contributed by atoms with Gasteiger partial charge in [0.05, 0.1) is 12.1 Å². The van der Waals surface area contributed by atoms with Gasteiger partial charge in [-0.05, 0) is 19.8 Å². The van der Waals surface area contributed by atoms with Crippen molar-refractivity contribution in [2.75, 3.05) is 32.8 Å². The van der Waals surface area contributed by atoms with E-state index >= 15 is 0 Å². The monoisotopic (exact) mass is 298 g/mol. The van der Waals surface area contributed by atoms with E-state index in [2.05, 4.69) is 5.32 Å². The number of nitrogens with zero attached hydrogens (tertiary/aromatic N) is 1. The normalized spacial score (nSPS) is 23.1. The van der Waals surface area contributed by atoms with Gasteiger partial charge < -0.3 is 20.1 Å². The van der Waals surface area contributed by atoms with Crippen molar-refractivity contribution in [2.45, 2.75) is 38.1 Å². The zero-order valence-electron chi connectivity index (χ0n) is 11.4. The zero-order valence-corrected chi connectivity index (χ0v) is 11.4. The fourth-order valence-electron chi connectivity index (χ4n) is 2.11. The minimum Gasteiger partial charge on any atom is -0.392 e. The third kappa shape index (κ3) is 6.06. The van der Waals surface area contributed by atoms with Gasteiger partial charge in [-0.1, -0.05) is 0 Å². The predicted octanol–water partition coefficient (Wildman–Crippen LogP) is 0.527. The molecule has 8 heteroatoms. The highest BCUT2D eigenvalue weighted by molar-refractivity contribution is 5.82. The van der Waals surface area contributed by atoms with Crippen LogP contribution in [0.25, 0.3) is 0 Å². The summed E-state index contributed by atoms with van der Waals surface area (Å²) in [5, 5.41) is 12.1. The van der Waals surface area contributed by atoms with Crippen LogP contribution in [0.3, 0.4) is 0 Å². The number of halogens is 3. The van der Waals surface area contributed by atoms with Crippen LogP contribution in [0.4, 0.5) is 13.2 Å². The lowest BCUT2D eigenvalue weighted by Crippen LogP contribution is -2.47. The highest BCUT2D eigenvalue weighted by Crippen LogP contribution is 2.19. The van der Waals surface area contributed by atoms with E-state index in [4.69, 9.17) is 4.74 Å². The summed E-state index contributed by atoms with van der Waals surface area (Å²) in [4.78, 5) is 12.8. The maximum Gasteiger partial charge on any atom is 0.406 e. The van der Waals surface area contributed by atoms with Gasteiger partial charge in [-0.15, -0.1) is 0 Å². The van der Waals surface area contributed by atoms with Crippen molar-refractivity contribution in [2.24, 2.45) is 0 Å². The lowest BCUT2D eigenvalue weighted by Gasteiger charge is -2.26. The average Bonchev–Trinajstić information content (AvgIpc) is 2.77. The molecule has 5 nitrogen and oxygen atoms in total. The molecule has 2 atom stereocenters. The van der Waals surface area contributed by atoms with Crippen LogP contribution in [0.1, 0.15) is 19.8 Å². The number of nitrogens with one attached hydrogen (secondary N) is 1. The highest BCUT2D eigenvalue weighted by Gasteiger charge is 2.37. The van der Waals surface area contributed by atoms with Gasteiger partial charge in [0, 0.05) is 26.3 Å². The minimum absolute atomic E-state index is 0.00732. The molecule has 118 valence electrons. The van der Waals surface area contributed by atoms with Crippen LogP contribution in [0.15, 0.2) is 0 Å². The lowest BCUT2D eigenvalue weighted by atomic mass is 10.1. The van der Waals surface area contributed by atoms with Gasteiger partial charge in [-0.2, -0.15) is 13.2 Å². The summed E-state index contributed by atoms with van der Waals surface area (Å²) in [5.41, 5.74) is 0. The number of rotatable bonds is 7. The molecule has 0 spiro atoms. The summed E-state index contributed by atoms with van der Waals surface area (Å²) < 4.78 is 42.6. The lowest BCUT2D eigenvalue weighted by molar-refractivity contribution is -0.162. The van der Waals surface area contributed by atoms with E-state index < -0.39 is 30.8 Å². The molecule has 0 aliphatic carbocycles. The van der Waals surface area contributed by atoms with Gasteiger partial charge in [0.15, 0.2) is 0 Å². The van der Waals surface area contributed by atoms with E-state index in [1.165, 1.54) is 0 Å². The van der Waals surface area contributed by atoms with Crippen molar-refractivity contribution >= 4 is 5.91 Å². The highest BCUT2D eigenvalue weighted by atomic mass is 19.4. The molecule has 1 amide bonds. The summed E-state index contributed by atoms with van der Waals surface area (Å²) in [5.74, 6) is -0.615. The van der Waals surface area contributed by atoms with Crippen molar-refractivity contribution in [1.29, 1.82) is 0 Å². The van der Waals surface area contributed by atoms with E-state index in [1.807, 2.05) is 0 Å². The van der Waals surface area contributed by atoms with Crippen molar-refractivity contribution in [3.05, 3.63) is 0 Å². The molecule has 0 aromatic heterocycles. The number of hydrogen-bond donors (Lipinski definition) is 2. The Bertz CT molecular complexity index is 313. The molecule has 0 saturated carbocycles. The molecule has 2 unspecified atom stereocenters. The molecule has 1 heterocycles. The van der Waals surface area contributed by atoms with Crippen molar-refractivity contribution in [3.8, 4) is 0 Å². The van der Waals surface area contributed by atoms with Crippen LogP contribution >= 0.6 is 0 Å². The Hall–Kier alpha value is -0.860. The second-order valence-electron chi connectivity index (χ2n) is 4.78. The number of hydrogen-bond acceptors (Lipinski definition) is 4. The van der Waals surface area contributed by atoms with Crippen molar-refractivity contribution in [3.63, 3.8) is 0 Å². The minimum atomic E-state index is -4.43. The SMILES string of the molecule is CCOCCCN(CC(F)(F)F)C(=O)C1CC(O)CN1. The number of aliphatic hydroxyl groups is 1. The molecule has 1 rings (SSSR count). The first-order chi connectivity index (χ1) is 9.33. The summed E-state index contributed by atoms with van der Waals surface area (Å²) in [6.45, 7) is 1.55. The number of β-amino-alcohol motifs (C(OH)–C–C–N with tert-alkyl or cyclic N) is 1. The summed E-state index contributed by atoms with van der Waals surface area (Å²) >= 11 is 0. The Morgan fingerprint density at radius 3 is 2.70 bits per heavy atom.